The summed E-state index contributed by atoms with van der Waals surface area (Å²) in [5.74, 6) is 7.00. The van der Waals surface area contributed by atoms with Crippen molar-refractivity contribution in [1.29, 1.82) is 5.26 Å². The van der Waals surface area contributed by atoms with E-state index in [-0.39, 0.29) is 5.75 Å². The Balaban J connectivity index is 1.75. The van der Waals surface area contributed by atoms with E-state index in [1.165, 1.54) is 28.6 Å². The first-order valence-corrected chi connectivity index (χ1v) is 8.43. The van der Waals surface area contributed by atoms with Crippen LogP contribution in [0.15, 0.2) is 53.7 Å². The fourth-order valence-electron chi connectivity index (χ4n) is 2.26. The number of aromatic nitrogens is 3. The Morgan fingerprint density at radius 1 is 1.15 bits per heavy atom. The van der Waals surface area contributed by atoms with Crippen LogP contribution in [0.5, 0.6) is 5.75 Å². The molecular formula is C17H13F2N5OS. The van der Waals surface area contributed by atoms with Gasteiger partial charge in [-0.05, 0) is 35.9 Å². The topological polar surface area (TPSA) is 89.8 Å². The molecule has 9 heteroatoms. The van der Waals surface area contributed by atoms with E-state index in [2.05, 4.69) is 21.0 Å². The second-order valence-corrected chi connectivity index (χ2v) is 6.08. The molecule has 0 fully saturated rings. The summed E-state index contributed by atoms with van der Waals surface area (Å²) < 4.78 is 30.0. The lowest BCUT2D eigenvalue weighted by atomic mass is 10.1. The van der Waals surface area contributed by atoms with E-state index in [1.807, 2.05) is 12.1 Å². The molecule has 2 aromatic carbocycles. The zero-order valence-corrected chi connectivity index (χ0v) is 14.2. The van der Waals surface area contributed by atoms with Crippen molar-refractivity contribution in [3.63, 3.8) is 0 Å². The molecule has 26 heavy (non-hydrogen) atoms. The van der Waals surface area contributed by atoms with Crippen LogP contribution in [0.3, 0.4) is 0 Å². The van der Waals surface area contributed by atoms with Crippen LogP contribution in [0.1, 0.15) is 11.1 Å². The number of hydrogen-bond donors (Lipinski definition) is 1. The molecule has 0 bridgehead atoms. The molecule has 0 amide bonds. The van der Waals surface area contributed by atoms with Gasteiger partial charge in [-0.1, -0.05) is 30.0 Å². The summed E-state index contributed by atoms with van der Waals surface area (Å²) in [4.78, 5) is 0. The third kappa shape index (κ3) is 3.92. The average molecular weight is 373 g/mol. The van der Waals surface area contributed by atoms with Crippen LogP contribution in [-0.2, 0) is 5.75 Å². The molecule has 1 heterocycles. The maximum Gasteiger partial charge on any atom is 0.387 e. The Morgan fingerprint density at radius 2 is 1.88 bits per heavy atom. The molecule has 0 aliphatic heterocycles. The van der Waals surface area contributed by atoms with Gasteiger partial charge in [-0.15, -0.1) is 10.2 Å². The van der Waals surface area contributed by atoms with Crippen LogP contribution in [0.25, 0.3) is 11.4 Å². The zero-order chi connectivity index (χ0) is 18.5. The number of nitrogen functional groups attached to an aromatic ring is 1. The number of nitrogens with two attached hydrogens (primary N) is 1. The van der Waals surface area contributed by atoms with Crippen molar-refractivity contribution in [2.45, 2.75) is 17.5 Å². The van der Waals surface area contributed by atoms with Crippen LogP contribution in [0.4, 0.5) is 8.78 Å². The van der Waals surface area contributed by atoms with Crippen LogP contribution in [0, 0.1) is 11.3 Å². The molecule has 0 spiro atoms. The van der Waals surface area contributed by atoms with Crippen molar-refractivity contribution in [2.24, 2.45) is 0 Å². The van der Waals surface area contributed by atoms with Crippen molar-refractivity contribution >= 4 is 11.8 Å². The lowest BCUT2D eigenvalue weighted by Gasteiger charge is -2.06. The number of benzene rings is 2. The fraction of sp³-hybridized carbons (Fsp3) is 0.118. The van der Waals surface area contributed by atoms with E-state index in [9.17, 15) is 8.78 Å². The molecule has 3 rings (SSSR count). The van der Waals surface area contributed by atoms with Gasteiger partial charge < -0.3 is 10.6 Å². The smallest absolute Gasteiger partial charge is 0.387 e. The van der Waals surface area contributed by atoms with E-state index < -0.39 is 6.61 Å². The molecule has 0 saturated heterocycles. The summed E-state index contributed by atoms with van der Waals surface area (Å²) in [6.45, 7) is -2.88. The lowest BCUT2D eigenvalue weighted by Crippen LogP contribution is -2.11. The quantitative estimate of drug-likeness (QED) is 0.526. The second-order valence-electron chi connectivity index (χ2n) is 5.14. The first-order valence-electron chi connectivity index (χ1n) is 7.45. The minimum absolute atomic E-state index is 0.0505. The number of thioether (sulfide) groups is 1. The van der Waals surface area contributed by atoms with Gasteiger partial charge in [-0.3, -0.25) is 0 Å². The van der Waals surface area contributed by atoms with Gasteiger partial charge in [0.1, 0.15) is 5.75 Å². The van der Waals surface area contributed by atoms with E-state index in [4.69, 9.17) is 11.1 Å². The third-order valence-electron chi connectivity index (χ3n) is 3.50. The molecule has 6 nitrogen and oxygen atoms in total. The van der Waals surface area contributed by atoms with Crippen molar-refractivity contribution in [3.05, 3.63) is 59.7 Å². The number of ether oxygens (including phenoxy) is 1. The van der Waals surface area contributed by atoms with Crippen LogP contribution in [-0.4, -0.2) is 21.5 Å². The molecular weight excluding hydrogens is 360 g/mol. The van der Waals surface area contributed by atoms with Gasteiger partial charge in [-0.2, -0.15) is 14.0 Å². The minimum atomic E-state index is -2.88. The SMILES string of the molecule is N#Cc1ccccc1CSc1nnc(-c2ccc(OC(F)F)cc2)n1N. The second kappa shape index (κ2) is 7.84. The van der Waals surface area contributed by atoms with Gasteiger partial charge in [0.05, 0.1) is 11.6 Å². The van der Waals surface area contributed by atoms with E-state index in [0.29, 0.717) is 27.9 Å². The van der Waals surface area contributed by atoms with E-state index in [1.54, 1.807) is 24.3 Å². The van der Waals surface area contributed by atoms with Crippen molar-refractivity contribution < 1.29 is 13.5 Å². The predicted octanol–water partition coefficient (Wildman–Crippen LogP) is 3.42. The molecule has 1 aromatic heterocycles. The standard InChI is InChI=1S/C17H13F2N5OS/c18-16(19)25-14-7-5-11(6-8-14)15-22-23-17(24(15)21)26-10-13-4-2-1-3-12(13)9-20/h1-8,16H,10,21H2. The Bertz CT molecular complexity index is 937. The fourth-order valence-corrected chi connectivity index (χ4v) is 3.12. The number of hydrogen-bond acceptors (Lipinski definition) is 6. The predicted molar refractivity (Wildman–Crippen MR) is 93.0 cm³/mol. The summed E-state index contributed by atoms with van der Waals surface area (Å²) in [5.41, 5.74) is 2.09. The maximum absolute atomic E-state index is 12.2. The zero-order valence-electron chi connectivity index (χ0n) is 13.3. The third-order valence-corrected chi connectivity index (χ3v) is 4.49. The normalized spacial score (nSPS) is 10.7. The largest absolute Gasteiger partial charge is 0.435 e. The monoisotopic (exact) mass is 373 g/mol. The highest BCUT2D eigenvalue weighted by Crippen LogP contribution is 2.26. The van der Waals surface area contributed by atoms with Gasteiger partial charge in [-0.25, -0.2) is 4.68 Å². The maximum atomic E-state index is 12.2. The van der Waals surface area contributed by atoms with Gasteiger partial charge >= 0.3 is 6.61 Å². The van der Waals surface area contributed by atoms with Crippen molar-refractivity contribution in [1.82, 2.24) is 14.9 Å². The van der Waals surface area contributed by atoms with E-state index >= 15 is 0 Å². The number of alkyl halides is 2. The average Bonchev–Trinajstić information content (AvgIpc) is 3.01. The number of halogens is 2. The summed E-state index contributed by atoms with van der Waals surface area (Å²) in [6, 6.07) is 15.4. The first kappa shape index (κ1) is 17.7. The van der Waals surface area contributed by atoms with Gasteiger partial charge in [0.15, 0.2) is 5.82 Å². The van der Waals surface area contributed by atoms with Crippen LogP contribution >= 0.6 is 11.8 Å². The highest BCUT2D eigenvalue weighted by atomic mass is 32.2. The molecule has 3 aromatic rings. The first-order chi connectivity index (χ1) is 12.6. The Kier molecular flexibility index (Phi) is 5.34. The number of rotatable bonds is 6. The van der Waals surface area contributed by atoms with Crippen LogP contribution < -0.4 is 10.6 Å². The Hall–Kier alpha value is -3.12. The summed E-state index contributed by atoms with van der Waals surface area (Å²) >= 11 is 1.35. The highest BCUT2D eigenvalue weighted by Gasteiger charge is 2.14. The number of nitriles is 1. The van der Waals surface area contributed by atoms with Gasteiger partial charge in [0, 0.05) is 11.3 Å². The minimum Gasteiger partial charge on any atom is -0.435 e. The molecule has 0 atom stereocenters. The van der Waals surface area contributed by atoms with Crippen molar-refractivity contribution in [3.8, 4) is 23.2 Å². The van der Waals surface area contributed by atoms with Gasteiger partial charge in [0.2, 0.25) is 5.16 Å². The highest BCUT2D eigenvalue weighted by molar-refractivity contribution is 7.98. The molecule has 0 saturated carbocycles. The Labute approximate surface area is 152 Å². The molecule has 0 aliphatic carbocycles. The van der Waals surface area contributed by atoms with Gasteiger partial charge in [0.25, 0.3) is 0 Å². The molecule has 0 unspecified atom stereocenters. The summed E-state index contributed by atoms with van der Waals surface area (Å²) in [6.07, 6.45) is 0. The molecule has 132 valence electrons. The molecule has 2 N–H and O–H groups in total. The van der Waals surface area contributed by atoms with Crippen molar-refractivity contribution in [2.75, 3.05) is 5.84 Å². The Morgan fingerprint density at radius 3 is 2.58 bits per heavy atom. The van der Waals surface area contributed by atoms with E-state index in [0.717, 1.165) is 5.56 Å². The van der Waals surface area contributed by atoms with Crippen LogP contribution in [0.2, 0.25) is 0 Å². The summed E-state index contributed by atoms with van der Waals surface area (Å²) in [7, 11) is 0. The molecule has 0 aliphatic rings. The summed E-state index contributed by atoms with van der Waals surface area (Å²) in [5, 5.41) is 17.7. The lowest BCUT2D eigenvalue weighted by molar-refractivity contribution is -0.0498. The molecule has 0 radical (unpaired) electrons. The number of nitrogens with zero attached hydrogens (tertiary/aromatic N) is 4.